The summed E-state index contributed by atoms with van der Waals surface area (Å²) >= 11 is 0. The molecule has 0 saturated heterocycles. The van der Waals surface area contributed by atoms with Crippen LogP contribution < -0.4 is 20.1 Å². The van der Waals surface area contributed by atoms with Crippen molar-refractivity contribution in [2.75, 3.05) is 31.7 Å². The summed E-state index contributed by atoms with van der Waals surface area (Å²) in [6.45, 7) is 6.08. The number of hydrogen-bond acceptors (Lipinski definition) is 5. The minimum absolute atomic E-state index is 0.121. The molecule has 0 saturated carbocycles. The van der Waals surface area contributed by atoms with Crippen LogP contribution in [0.15, 0.2) is 42.5 Å². The molecule has 3 amide bonds. The Bertz CT molecular complexity index is 956. The predicted molar refractivity (Wildman–Crippen MR) is 116 cm³/mol. The number of hydrogen-bond donors (Lipinski definition) is 2. The second-order valence-electron chi connectivity index (χ2n) is 7.84. The number of nitrogens with zero attached hydrogens (tertiary/aromatic N) is 1. The summed E-state index contributed by atoms with van der Waals surface area (Å²) < 4.78 is 10.6. The lowest BCUT2D eigenvalue weighted by molar-refractivity contribution is -0.124. The van der Waals surface area contributed by atoms with E-state index < -0.39 is 5.91 Å². The van der Waals surface area contributed by atoms with Gasteiger partial charge in [0.25, 0.3) is 5.91 Å². The fraction of sp³-hybridized carbons (Fsp3) is 0.348. The van der Waals surface area contributed by atoms with E-state index in [2.05, 4.69) is 10.6 Å². The fourth-order valence-corrected chi connectivity index (χ4v) is 3.12. The molecule has 0 spiro atoms. The maximum Gasteiger partial charge on any atom is 0.254 e. The van der Waals surface area contributed by atoms with Crippen molar-refractivity contribution in [3.05, 3.63) is 53.6 Å². The van der Waals surface area contributed by atoms with Crippen LogP contribution in [0.25, 0.3) is 0 Å². The van der Waals surface area contributed by atoms with E-state index in [0.717, 1.165) is 5.56 Å². The van der Waals surface area contributed by atoms with E-state index in [1.54, 1.807) is 30.3 Å². The smallest absolute Gasteiger partial charge is 0.254 e. The average Bonchev–Trinajstić information content (AvgIpc) is 3.20. The number of anilines is 1. The number of benzene rings is 2. The Kier molecular flexibility index (Phi) is 7.12. The van der Waals surface area contributed by atoms with E-state index >= 15 is 0 Å². The molecule has 31 heavy (non-hydrogen) atoms. The first-order chi connectivity index (χ1) is 14.8. The number of rotatable bonds is 8. The molecule has 0 unspecified atom stereocenters. The van der Waals surface area contributed by atoms with Gasteiger partial charge in [0, 0.05) is 17.8 Å². The molecule has 1 aliphatic heterocycles. The standard InChI is InChI=1S/C23H27N3O5/c1-15(2)12-26(23(29)17-6-9-19-20(10-17)31-14-30-19)13-22(28)24-11-21(27)25-18-7-4-16(3)5-8-18/h4-10,15H,11-14H2,1-3H3,(H,24,28)(H,25,27). The molecule has 0 atom stereocenters. The van der Waals surface area contributed by atoms with E-state index in [1.807, 2.05) is 32.9 Å². The van der Waals surface area contributed by atoms with Crippen molar-refractivity contribution in [2.45, 2.75) is 20.8 Å². The first-order valence-electron chi connectivity index (χ1n) is 10.1. The molecule has 0 radical (unpaired) electrons. The fourth-order valence-electron chi connectivity index (χ4n) is 3.12. The van der Waals surface area contributed by atoms with Crippen LogP contribution in [0, 0.1) is 12.8 Å². The molecule has 3 rings (SSSR count). The summed E-state index contributed by atoms with van der Waals surface area (Å²) in [5.74, 6) is 0.224. The number of nitrogens with one attached hydrogen (secondary N) is 2. The molecule has 2 aromatic rings. The maximum absolute atomic E-state index is 13.0. The second-order valence-corrected chi connectivity index (χ2v) is 7.84. The third kappa shape index (κ3) is 6.21. The van der Waals surface area contributed by atoms with Gasteiger partial charge in [0.15, 0.2) is 11.5 Å². The maximum atomic E-state index is 13.0. The Labute approximate surface area is 181 Å². The SMILES string of the molecule is Cc1ccc(NC(=O)CNC(=O)CN(CC(C)C)C(=O)c2ccc3c(c2)OCO3)cc1. The van der Waals surface area contributed by atoms with Gasteiger partial charge < -0.3 is 25.0 Å². The highest BCUT2D eigenvalue weighted by Crippen LogP contribution is 2.32. The lowest BCUT2D eigenvalue weighted by Gasteiger charge is -2.24. The molecule has 8 nitrogen and oxygen atoms in total. The highest BCUT2D eigenvalue weighted by Gasteiger charge is 2.23. The minimum Gasteiger partial charge on any atom is -0.454 e. The molecule has 0 aliphatic carbocycles. The van der Waals surface area contributed by atoms with Gasteiger partial charge in [0.05, 0.1) is 13.1 Å². The summed E-state index contributed by atoms with van der Waals surface area (Å²) in [4.78, 5) is 39.0. The number of carbonyl (C=O) groups is 3. The van der Waals surface area contributed by atoms with Crippen molar-refractivity contribution in [2.24, 2.45) is 5.92 Å². The van der Waals surface area contributed by atoms with Crippen molar-refractivity contribution >= 4 is 23.4 Å². The highest BCUT2D eigenvalue weighted by molar-refractivity contribution is 5.98. The van der Waals surface area contributed by atoms with Crippen LogP contribution in [-0.2, 0) is 9.59 Å². The second kappa shape index (κ2) is 9.97. The molecule has 2 aromatic carbocycles. The normalized spacial score (nSPS) is 11.9. The zero-order valence-electron chi connectivity index (χ0n) is 17.9. The molecule has 0 fully saturated rings. The van der Waals surface area contributed by atoms with E-state index in [0.29, 0.717) is 29.3 Å². The first-order valence-corrected chi connectivity index (χ1v) is 10.1. The van der Waals surface area contributed by atoms with Crippen molar-refractivity contribution in [3.8, 4) is 11.5 Å². The van der Waals surface area contributed by atoms with E-state index in [-0.39, 0.29) is 37.6 Å². The van der Waals surface area contributed by atoms with Crippen LogP contribution in [-0.4, -0.2) is 49.0 Å². The molecule has 2 N–H and O–H groups in total. The molecule has 0 bridgehead atoms. The average molecular weight is 425 g/mol. The Hall–Kier alpha value is -3.55. The monoisotopic (exact) mass is 425 g/mol. The van der Waals surface area contributed by atoms with Crippen molar-refractivity contribution in [1.29, 1.82) is 0 Å². The third-order valence-electron chi connectivity index (χ3n) is 4.61. The van der Waals surface area contributed by atoms with Crippen LogP contribution in [0.1, 0.15) is 29.8 Å². The van der Waals surface area contributed by atoms with Gasteiger partial charge in [-0.15, -0.1) is 0 Å². The topological polar surface area (TPSA) is 97.0 Å². The van der Waals surface area contributed by atoms with E-state index in [1.165, 1.54) is 4.90 Å². The zero-order chi connectivity index (χ0) is 22.4. The van der Waals surface area contributed by atoms with Crippen LogP contribution in [0.2, 0.25) is 0 Å². The number of carbonyl (C=O) groups excluding carboxylic acids is 3. The summed E-state index contributed by atoms with van der Waals surface area (Å²) in [5.41, 5.74) is 2.16. The number of aryl methyl sites for hydroxylation is 1. The Morgan fingerprint density at radius 3 is 2.42 bits per heavy atom. The largest absolute Gasteiger partial charge is 0.454 e. The number of fused-ring (bicyclic) bond motifs is 1. The molecular formula is C23H27N3O5. The Balaban J connectivity index is 1.57. The van der Waals surface area contributed by atoms with Gasteiger partial charge in [-0.2, -0.15) is 0 Å². The van der Waals surface area contributed by atoms with Crippen molar-refractivity contribution in [3.63, 3.8) is 0 Å². The quantitative estimate of drug-likeness (QED) is 0.678. The van der Waals surface area contributed by atoms with Gasteiger partial charge >= 0.3 is 0 Å². The molecule has 164 valence electrons. The lowest BCUT2D eigenvalue weighted by atomic mass is 10.1. The highest BCUT2D eigenvalue weighted by atomic mass is 16.7. The van der Waals surface area contributed by atoms with Crippen LogP contribution in [0.5, 0.6) is 11.5 Å². The molecule has 1 heterocycles. The number of ether oxygens (including phenoxy) is 2. The van der Waals surface area contributed by atoms with Gasteiger partial charge in [-0.05, 0) is 43.2 Å². The third-order valence-corrected chi connectivity index (χ3v) is 4.61. The van der Waals surface area contributed by atoms with Crippen molar-refractivity contribution in [1.82, 2.24) is 10.2 Å². The van der Waals surface area contributed by atoms with Crippen LogP contribution >= 0.6 is 0 Å². The summed E-state index contributed by atoms with van der Waals surface area (Å²) in [6.07, 6.45) is 0. The van der Waals surface area contributed by atoms with Crippen LogP contribution in [0.4, 0.5) is 5.69 Å². The van der Waals surface area contributed by atoms with Gasteiger partial charge in [-0.25, -0.2) is 0 Å². The Morgan fingerprint density at radius 1 is 1.00 bits per heavy atom. The van der Waals surface area contributed by atoms with Gasteiger partial charge in [0.1, 0.15) is 0 Å². The number of amides is 3. The van der Waals surface area contributed by atoms with Crippen LogP contribution in [0.3, 0.4) is 0 Å². The minimum atomic E-state index is -0.409. The van der Waals surface area contributed by atoms with Gasteiger partial charge in [-0.1, -0.05) is 31.5 Å². The van der Waals surface area contributed by atoms with Gasteiger partial charge in [-0.3, -0.25) is 14.4 Å². The summed E-state index contributed by atoms with van der Waals surface area (Å²) in [7, 11) is 0. The first kappa shape index (κ1) is 22.1. The Morgan fingerprint density at radius 2 is 1.71 bits per heavy atom. The van der Waals surface area contributed by atoms with Gasteiger partial charge in [0.2, 0.25) is 18.6 Å². The summed E-state index contributed by atoms with van der Waals surface area (Å²) in [6, 6.07) is 12.3. The lowest BCUT2D eigenvalue weighted by Crippen LogP contribution is -2.44. The summed E-state index contributed by atoms with van der Waals surface area (Å²) in [5, 5.41) is 5.30. The van der Waals surface area contributed by atoms with E-state index in [9.17, 15) is 14.4 Å². The molecule has 1 aliphatic rings. The predicted octanol–water partition coefficient (Wildman–Crippen LogP) is 2.58. The molecule has 0 aromatic heterocycles. The van der Waals surface area contributed by atoms with E-state index in [4.69, 9.17) is 9.47 Å². The zero-order valence-corrected chi connectivity index (χ0v) is 17.9. The molecule has 8 heteroatoms. The molecular weight excluding hydrogens is 398 g/mol. The van der Waals surface area contributed by atoms with Crippen molar-refractivity contribution < 1.29 is 23.9 Å².